The van der Waals surface area contributed by atoms with E-state index >= 15 is 0 Å². The molecule has 0 fully saturated rings. The number of hydrogen-bond acceptors (Lipinski definition) is 4. The first kappa shape index (κ1) is 9.70. The molecule has 0 amide bonds. The second-order valence-corrected chi connectivity index (χ2v) is 4.48. The van der Waals surface area contributed by atoms with E-state index in [1.54, 1.807) is 0 Å². The lowest BCUT2D eigenvalue weighted by Gasteiger charge is -2.11. The Morgan fingerprint density at radius 3 is 1.78 bits per heavy atom. The molecule has 2 N–H and O–H groups in total. The molecule has 0 bridgehead atoms. The summed E-state index contributed by atoms with van der Waals surface area (Å²) in [4.78, 5) is 16.9. The molecular weight excluding hydrogens is 162 g/mol. The molecule has 0 aromatic heterocycles. The number of hydrogen-bond donors (Lipinski definition) is 2. The zero-order valence-electron chi connectivity index (χ0n) is 5.31. The zero-order chi connectivity index (χ0) is 7.28. The van der Waals surface area contributed by atoms with E-state index in [9.17, 15) is 0 Å². The van der Waals surface area contributed by atoms with Crippen LogP contribution in [0.15, 0.2) is 0 Å². The lowest BCUT2D eigenvalue weighted by Crippen LogP contribution is -1.86. The van der Waals surface area contributed by atoms with E-state index in [1.807, 2.05) is 0 Å². The van der Waals surface area contributed by atoms with Gasteiger partial charge in [-0.2, -0.15) is 0 Å². The van der Waals surface area contributed by atoms with Gasteiger partial charge in [0.05, 0.1) is 5.90 Å². The van der Waals surface area contributed by atoms with Crippen molar-refractivity contribution in [2.24, 2.45) is 0 Å². The standard InChI is InChI=1S/C3H10O4P2/c1-6-9(7-2)3-8(4)5/h4-5H,3H2,1-2H3. The first-order chi connectivity index (χ1) is 4.20. The Labute approximate surface area is 56.6 Å². The Kier molecular flexibility index (Phi) is 5.91. The van der Waals surface area contributed by atoms with Crippen LogP contribution < -0.4 is 0 Å². The van der Waals surface area contributed by atoms with Gasteiger partial charge in [0.25, 0.3) is 0 Å². The predicted molar refractivity (Wildman–Crippen MR) is 37.2 cm³/mol. The predicted octanol–water partition coefficient (Wildman–Crippen LogP) is 0.845. The average molecular weight is 172 g/mol. The van der Waals surface area contributed by atoms with Crippen LogP contribution in [0.25, 0.3) is 0 Å². The number of rotatable bonds is 4. The van der Waals surface area contributed by atoms with Crippen LogP contribution in [0.2, 0.25) is 0 Å². The summed E-state index contributed by atoms with van der Waals surface area (Å²) in [6.07, 6.45) is 0. The van der Waals surface area contributed by atoms with Crippen molar-refractivity contribution in [3.05, 3.63) is 0 Å². The van der Waals surface area contributed by atoms with E-state index in [2.05, 4.69) is 0 Å². The van der Waals surface area contributed by atoms with Gasteiger partial charge in [0.1, 0.15) is 0 Å². The fraction of sp³-hybridized carbons (Fsp3) is 1.00. The summed E-state index contributed by atoms with van der Waals surface area (Å²) in [6.45, 7) is 0. The summed E-state index contributed by atoms with van der Waals surface area (Å²) < 4.78 is 9.50. The topological polar surface area (TPSA) is 58.9 Å². The van der Waals surface area contributed by atoms with Gasteiger partial charge in [-0.3, -0.25) is 0 Å². The SMILES string of the molecule is COP(CP(O)O)OC. The molecule has 0 radical (unpaired) electrons. The maximum absolute atomic E-state index is 8.46. The van der Waals surface area contributed by atoms with Gasteiger partial charge in [-0.1, -0.05) is 0 Å². The van der Waals surface area contributed by atoms with Gasteiger partial charge in [0.2, 0.25) is 0 Å². The summed E-state index contributed by atoms with van der Waals surface area (Å²) in [5.41, 5.74) is 0. The molecule has 0 heterocycles. The highest BCUT2D eigenvalue weighted by Gasteiger charge is 2.11. The highest BCUT2D eigenvalue weighted by Crippen LogP contribution is 2.46. The van der Waals surface area contributed by atoms with Crippen molar-refractivity contribution in [3.8, 4) is 0 Å². The third-order valence-electron chi connectivity index (χ3n) is 0.649. The van der Waals surface area contributed by atoms with Crippen molar-refractivity contribution in [1.29, 1.82) is 0 Å². The molecule has 0 rings (SSSR count). The molecule has 0 aliphatic heterocycles. The van der Waals surface area contributed by atoms with Gasteiger partial charge in [0.15, 0.2) is 16.8 Å². The fourth-order valence-electron chi connectivity index (χ4n) is 0.293. The summed E-state index contributed by atoms with van der Waals surface area (Å²) in [6, 6.07) is 0. The Morgan fingerprint density at radius 1 is 1.22 bits per heavy atom. The molecule has 0 saturated heterocycles. The van der Waals surface area contributed by atoms with Crippen molar-refractivity contribution < 1.29 is 18.8 Å². The first-order valence-electron chi connectivity index (χ1n) is 2.21. The molecule has 0 aromatic rings. The minimum atomic E-state index is -1.87. The molecule has 0 aliphatic rings. The van der Waals surface area contributed by atoms with Gasteiger partial charge in [-0.25, -0.2) is 0 Å². The van der Waals surface area contributed by atoms with E-state index < -0.39 is 16.8 Å². The summed E-state index contributed by atoms with van der Waals surface area (Å²) >= 11 is 0. The largest absolute Gasteiger partial charge is 0.350 e. The Morgan fingerprint density at radius 2 is 1.67 bits per heavy atom. The van der Waals surface area contributed by atoms with Crippen molar-refractivity contribution in [3.63, 3.8) is 0 Å². The minimum Gasteiger partial charge on any atom is -0.350 e. The second-order valence-electron chi connectivity index (χ2n) is 1.21. The first-order valence-corrected chi connectivity index (χ1v) is 5.01. The van der Waals surface area contributed by atoms with Gasteiger partial charge >= 0.3 is 0 Å². The monoisotopic (exact) mass is 172 g/mol. The molecule has 4 nitrogen and oxygen atoms in total. The van der Waals surface area contributed by atoms with Crippen LogP contribution >= 0.6 is 16.8 Å². The lowest BCUT2D eigenvalue weighted by atomic mass is 11.8. The van der Waals surface area contributed by atoms with E-state index in [-0.39, 0.29) is 5.90 Å². The zero-order valence-corrected chi connectivity index (χ0v) is 7.10. The van der Waals surface area contributed by atoms with Crippen LogP contribution in [0.4, 0.5) is 0 Å². The summed E-state index contributed by atoms with van der Waals surface area (Å²) in [7, 11) is 0.0208. The summed E-state index contributed by atoms with van der Waals surface area (Å²) in [5, 5.41) is 0. The smallest absolute Gasteiger partial charge is 0.179 e. The van der Waals surface area contributed by atoms with Crippen LogP contribution in [-0.2, 0) is 9.05 Å². The quantitative estimate of drug-likeness (QED) is 0.617. The van der Waals surface area contributed by atoms with Crippen LogP contribution in [0.1, 0.15) is 0 Å². The molecule has 0 unspecified atom stereocenters. The second kappa shape index (κ2) is 5.48. The van der Waals surface area contributed by atoms with E-state index in [0.29, 0.717) is 0 Å². The van der Waals surface area contributed by atoms with Crippen LogP contribution in [0.5, 0.6) is 0 Å². The van der Waals surface area contributed by atoms with Crippen molar-refractivity contribution >= 4 is 16.8 Å². The van der Waals surface area contributed by atoms with Crippen LogP contribution in [-0.4, -0.2) is 29.9 Å². The lowest BCUT2D eigenvalue weighted by molar-refractivity contribution is 0.342. The van der Waals surface area contributed by atoms with Crippen LogP contribution in [0, 0.1) is 0 Å². The van der Waals surface area contributed by atoms with Gasteiger partial charge in [-0.05, 0) is 0 Å². The maximum Gasteiger partial charge on any atom is 0.179 e. The molecule has 0 aromatic carbocycles. The van der Waals surface area contributed by atoms with E-state index in [1.165, 1.54) is 14.2 Å². The maximum atomic E-state index is 8.46. The van der Waals surface area contributed by atoms with Gasteiger partial charge in [0, 0.05) is 14.2 Å². The summed E-state index contributed by atoms with van der Waals surface area (Å²) in [5.74, 6) is 0.206. The highest BCUT2D eigenvalue weighted by molar-refractivity contribution is 7.64. The third kappa shape index (κ3) is 5.16. The minimum absolute atomic E-state index is 0.206. The molecule has 0 aliphatic carbocycles. The third-order valence-corrected chi connectivity index (χ3v) is 3.40. The molecule has 6 heteroatoms. The van der Waals surface area contributed by atoms with Crippen molar-refractivity contribution in [2.75, 3.05) is 20.1 Å². The molecular formula is C3H10O4P2. The molecule has 0 atom stereocenters. The van der Waals surface area contributed by atoms with E-state index in [0.717, 1.165) is 0 Å². The van der Waals surface area contributed by atoms with Crippen molar-refractivity contribution in [2.45, 2.75) is 0 Å². The Balaban J connectivity index is 3.31. The average Bonchev–Trinajstić information content (AvgIpc) is 1.82. The highest BCUT2D eigenvalue weighted by atomic mass is 31.2. The van der Waals surface area contributed by atoms with Gasteiger partial charge in [-0.15, -0.1) is 0 Å². The molecule has 0 saturated carbocycles. The molecule has 0 spiro atoms. The van der Waals surface area contributed by atoms with Crippen LogP contribution in [0.3, 0.4) is 0 Å². The van der Waals surface area contributed by atoms with Crippen molar-refractivity contribution in [1.82, 2.24) is 0 Å². The van der Waals surface area contributed by atoms with Gasteiger partial charge < -0.3 is 18.8 Å². The Hall–Kier alpha value is 0.700. The molecule has 9 heavy (non-hydrogen) atoms. The fourth-order valence-corrected chi connectivity index (χ4v) is 2.19. The van der Waals surface area contributed by atoms with E-state index in [4.69, 9.17) is 18.8 Å². The molecule has 56 valence electrons. The Bertz CT molecular complexity index is 64.8. The normalized spacial score (nSPS) is 11.3.